The van der Waals surface area contributed by atoms with E-state index in [0.29, 0.717) is 5.82 Å². The molecule has 1 aromatic heterocycles. The highest BCUT2D eigenvalue weighted by atomic mass is 32.2. The lowest BCUT2D eigenvalue weighted by atomic mass is 9.93. The van der Waals surface area contributed by atoms with E-state index >= 15 is 0 Å². The summed E-state index contributed by atoms with van der Waals surface area (Å²) in [5.74, 6) is 2.45. The van der Waals surface area contributed by atoms with Crippen molar-refractivity contribution in [1.29, 1.82) is 0 Å². The lowest BCUT2D eigenvalue weighted by Gasteiger charge is -2.21. The van der Waals surface area contributed by atoms with Crippen LogP contribution in [0, 0.1) is 0 Å². The van der Waals surface area contributed by atoms with Crippen LogP contribution in [-0.4, -0.2) is 9.97 Å². The lowest BCUT2D eigenvalue weighted by molar-refractivity contribution is 0.456. The standard InChI is InChI=1S/C34H20N2OS/c1-2-10-26-24(8-1)25-9-3-4-11-27(25)29-18-21(16-17-28(26)29)34-35-19-22(20-36-34)23-12-7-15-32-33(23)37-30-13-5-6-14-31(30)38-32/h1-20H. The molecular weight excluding hydrogens is 484 g/mol. The Balaban J connectivity index is 1.22. The zero-order valence-electron chi connectivity index (χ0n) is 20.3. The normalized spacial score (nSPS) is 12.3. The van der Waals surface area contributed by atoms with Gasteiger partial charge in [0, 0.05) is 29.1 Å². The number of para-hydroxylation sites is 2. The van der Waals surface area contributed by atoms with Gasteiger partial charge >= 0.3 is 0 Å². The number of benzene rings is 6. The van der Waals surface area contributed by atoms with Crippen molar-refractivity contribution < 1.29 is 4.74 Å². The molecule has 4 heteroatoms. The Bertz CT molecular complexity index is 2000. The molecule has 0 amide bonds. The van der Waals surface area contributed by atoms with Crippen molar-refractivity contribution in [3.05, 3.63) is 122 Å². The van der Waals surface area contributed by atoms with Gasteiger partial charge in [0.2, 0.25) is 0 Å². The van der Waals surface area contributed by atoms with Crippen LogP contribution < -0.4 is 4.74 Å². The second kappa shape index (κ2) is 8.44. The molecule has 0 aliphatic carbocycles. The third-order valence-corrected chi connectivity index (χ3v) is 8.32. The van der Waals surface area contributed by atoms with Crippen LogP contribution >= 0.6 is 11.8 Å². The fourth-order valence-corrected chi connectivity index (χ4v) is 6.42. The van der Waals surface area contributed by atoms with Gasteiger partial charge in [-0.1, -0.05) is 96.7 Å². The van der Waals surface area contributed by atoms with Gasteiger partial charge in [0.15, 0.2) is 5.82 Å². The van der Waals surface area contributed by atoms with Gasteiger partial charge in [-0.3, -0.25) is 0 Å². The highest BCUT2D eigenvalue weighted by Gasteiger charge is 2.21. The maximum atomic E-state index is 6.33. The van der Waals surface area contributed by atoms with Crippen molar-refractivity contribution in [1.82, 2.24) is 9.97 Å². The van der Waals surface area contributed by atoms with Gasteiger partial charge in [-0.2, -0.15) is 0 Å². The first-order valence-corrected chi connectivity index (χ1v) is 13.4. The van der Waals surface area contributed by atoms with Crippen LogP contribution in [0.2, 0.25) is 0 Å². The topological polar surface area (TPSA) is 35.0 Å². The van der Waals surface area contributed by atoms with Gasteiger partial charge in [-0.15, -0.1) is 0 Å². The minimum absolute atomic E-state index is 0.707. The van der Waals surface area contributed by atoms with Gasteiger partial charge in [-0.25, -0.2) is 9.97 Å². The van der Waals surface area contributed by atoms with E-state index in [4.69, 9.17) is 14.7 Å². The largest absolute Gasteiger partial charge is 0.454 e. The zero-order valence-corrected chi connectivity index (χ0v) is 21.1. The summed E-state index contributed by atoms with van der Waals surface area (Å²) in [4.78, 5) is 11.8. The second-order valence-corrected chi connectivity index (χ2v) is 10.5. The van der Waals surface area contributed by atoms with Crippen LogP contribution in [0.4, 0.5) is 0 Å². The van der Waals surface area contributed by atoms with E-state index in [1.165, 1.54) is 32.3 Å². The molecule has 0 bridgehead atoms. The number of hydrogen-bond donors (Lipinski definition) is 0. The second-order valence-electron chi connectivity index (χ2n) is 9.43. The van der Waals surface area contributed by atoms with E-state index in [2.05, 4.69) is 91.0 Å². The molecule has 0 saturated heterocycles. The summed E-state index contributed by atoms with van der Waals surface area (Å²) in [7, 11) is 0. The average molecular weight is 505 g/mol. The summed E-state index contributed by atoms with van der Waals surface area (Å²) in [5.41, 5.74) is 2.93. The fraction of sp³-hybridized carbons (Fsp3) is 0. The van der Waals surface area contributed by atoms with Crippen molar-refractivity contribution in [3.8, 4) is 34.0 Å². The maximum Gasteiger partial charge on any atom is 0.159 e. The molecule has 1 aliphatic rings. The Morgan fingerprint density at radius 2 is 1.11 bits per heavy atom. The number of rotatable bonds is 2. The summed E-state index contributed by atoms with van der Waals surface area (Å²) in [6, 6.07) is 38.1. The molecule has 0 fully saturated rings. The first-order valence-electron chi connectivity index (χ1n) is 12.6. The van der Waals surface area contributed by atoms with Crippen LogP contribution in [0.25, 0.3) is 54.8 Å². The Kier molecular flexibility index (Phi) is 4.76. The van der Waals surface area contributed by atoms with Gasteiger partial charge in [-0.05, 0) is 56.6 Å². The third kappa shape index (κ3) is 3.31. The van der Waals surface area contributed by atoms with E-state index in [0.717, 1.165) is 38.0 Å². The number of ether oxygens (including phenoxy) is 1. The molecule has 0 N–H and O–H groups in total. The lowest BCUT2D eigenvalue weighted by Crippen LogP contribution is -1.98. The first-order chi connectivity index (χ1) is 18.8. The molecule has 1 aliphatic heterocycles. The predicted molar refractivity (Wildman–Crippen MR) is 156 cm³/mol. The molecule has 0 spiro atoms. The molecule has 8 rings (SSSR count). The minimum atomic E-state index is 0.707. The molecule has 178 valence electrons. The summed E-state index contributed by atoms with van der Waals surface area (Å²) in [6.07, 6.45) is 3.80. The molecule has 38 heavy (non-hydrogen) atoms. The summed E-state index contributed by atoms with van der Waals surface area (Å²) in [5, 5.41) is 7.49. The molecule has 3 nitrogen and oxygen atoms in total. The quantitative estimate of drug-likeness (QED) is 0.220. The highest BCUT2D eigenvalue weighted by Crippen LogP contribution is 2.50. The van der Waals surface area contributed by atoms with E-state index in [1.807, 2.05) is 30.6 Å². The molecule has 6 aromatic carbocycles. The average Bonchev–Trinajstić information content (AvgIpc) is 3.00. The van der Waals surface area contributed by atoms with Crippen LogP contribution in [0.1, 0.15) is 0 Å². The molecule has 7 aromatic rings. The summed E-state index contributed by atoms with van der Waals surface area (Å²) < 4.78 is 6.33. The van der Waals surface area contributed by atoms with Crippen molar-refractivity contribution in [2.75, 3.05) is 0 Å². The monoisotopic (exact) mass is 504 g/mol. The van der Waals surface area contributed by atoms with Crippen molar-refractivity contribution in [2.24, 2.45) is 0 Å². The molecule has 0 atom stereocenters. The molecule has 0 unspecified atom stereocenters. The number of aromatic nitrogens is 2. The van der Waals surface area contributed by atoms with Crippen LogP contribution in [-0.2, 0) is 0 Å². The predicted octanol–water partition coefficient (Wildman–Crippen LogP) is 9.53. The fourth-order valence-electron chi connectivity index (χ4n) is 5.44. The molecule has 2 heterocycles. The van der Waals surface area contributed by atoms with Gasteiger partial charge in [0.25, 0.3) is 0 Å². The van der Waals surface area contributed by atoms with Gasteiger partial charge < -0.3 is 4.74 Å². The zero-order chi connectivity index (χ0) is 25.1. The highest BCUT2D eigenvalue weighted by molar-refractivity contribution is 7.99. The SMILES string of the molecule is c1ccc2c(c1)Oc1c(cccc1-c1cnc(-c3ccc4c5ccccc5c5ccccc5c4c3)nc1)S2. The summed E-state index contributed by atoms with van der Waals surface area (Å²) in [6.45, 7) is 0. The molecule has 0 radical (unpaired) electrons. The van der Waals surface area contributed by atoms with Crippen molar-refractivity contribution in [3.63, 3.8) is 0 Å². The Morgan fingerprint density at radius 3 is 1.84 bits per heavy atom. The summed E-state index contributed by atoms with van der Waals surface area (Å²) >= 11 is 1.73. The third-order valence-electron chi connectivity index (χ3n) is 7.23. The van der Waals surface area contributed by atoms with Gasteiger partial charge in [0.05, 0.1) is 9.79 Å². The van der Waals surface area contributed by atoms with E-state index < -0.39 is 0 Å². The molecule has 0 saturated carbocycles. The Labute approximate surface area is 223 Å². The Hall–Kier alpha value is -4.67. The number of nitrogens with zero attached hydrogens (tertiary/aromatic N) is 2. The van der Waals surface area contributed by atoms with Crippen molar-refractivity contribution >= 4 is 44.1 Å². The number of hydrogen-bond acceptors (Lipinski definition) is 4. The van der Waals surface area contributed by atoms with E-state index in [9.17, 15) is 0 Å². The number of fused-ring (bicyclic) bond motifs is 8. The van der Waals surface area contributed by atoms with E-state index in [-0.39, 0.29) is 0 Å². The minimum Gasteiger partial charge on any atom is -0.454 e. The van der Waals surface area contributed by atoms with Crippen molar-refractivity contribution in [2.45, 2.75) is 9.79 Å². The smallest absolute Gasteiger partial charge is 0.159 e. The first kappa shape index (κ1) is 21.4. The Morgan fingerprint density at radius 1 is 0.500 bits per heavy atom. The maximum absolute atomic E-state index is 6.33. The van der Waals surface area contributed by atoms with Crippen LogP contribution in [0.3, 0.4) is 0 Å². The van der Waals surface area contributed by atoms with Crippen LogP contribution in [0.15, 0.2) is 131 Å². The van der Waals surface area contributed by atoms with Gasteiger partial charge in [0.1, 0.15) is 11.5 Å². The molecular formula is C34H20N2OS. The van der Waals surface area contributed by atoms with Crippen LogP contribution in [0.5, 0.6) is 11.5 Å². The van der Waals surface area contributed by atoms with E-state index in [1.54, 1.807) is 11.8 Å².